The Hall–Kier alpha value is -2.73. The van der Waals surface area contributed by atoms with Crippen molar-refractivity contribution in [1.82, 2.24) is 9.97 Å². The van der Waals surface area contributed by atoms with Crippen LogP contribution >= 0.6 is 0 Å². The van der Waals surface area contributed by atoms with Crippen molar-refractivity contribution in [3.8, 4) is 0 Å². The molecule has 1 aromatic heterocycles. The smallest absolute Gasteiger partial charge is 0.306 e. The largest absolute Gasteiger partial charge is 0.463 e. The van der Waals surface area contributed by atoms with Gasteiger partial charge in [0.25, 0.3) is 0 Å². The van der Waals surface area contributed by atoms with Gasteiger partial charge in [-0.3, -0.25) is 14.9 Å². The summed E-state index contributed by atoms with van der Waals surface area (Å²) in [4.78, 5) is 35.7. The first kappa shape index (κ1) is 28.8. The molecule has 5 rings (SSSR count). The zero-order chi connectivity index (χ0) is 28.3. The number of esters is 1. The van der Waals surface area contributed by atoms with E-state index in [9.17, 15) is 14.7 Å². The lowest BCUT2D eigenvalue weighted by atomic mass is 9.87. The van der Waals surface area contributed by atoms with Crippen molar-refractivity contribution in [2.45, 2.75) is 108 Å². The second-order valence-electron chi connectivity index (χ2n) is 11.9. The van der Waals surface area contributed by atoms with Gasteiger partial charge in [-0.05, 0) is 44.4 Å². The maximum atomic E-state index is 16.0. The quantitative estimate of drug-likeness (QED) is 0.327. The van der Waals surface area contributed by atoms with Gasteiger partial charge in [-0.15, -0.1) is 0 Å². The molecular formula is C28H43FN6O5. The van der Waals surface area contributed by atoms with Crippen molar-refractivity contribution in [3.63, 3.8) is 0 Å². The predicted molar refractivity (Wildman–Crippen MR) is 149 cm³/mol. The summed E-state index contributed by atoms with van der Waals surface area (Å²) in [5.74, 6) is 1.10. The molecule has 2 saturated carbocycles. The second kappa shape index (κ2) is 12.4. The minimum atomic E-state index is -2.18. The van der Waals surface area contributed by atoms with Crippen LogP contribution in [-0.4, -0.2) is 71.4 Å². The molecule has 0 spiro atoms. The van der Waals surface area contributed by atoms with Gasteiger partial charge in [-0.1, -0.05) is 38.5 Å². The van der Waals surface area contributed by atoms with E-state index in [1.165, 1.54) is 19.8 Å². The highest BCUT2D eigenvalue weighted by atomic mass is 19.1. The molecule has 0 radical (unpaired) electrons. The Labute approximate surface area is 235 Å². The Bertz CT molecular complexity index is 1060. The molecule has 4 atom stereocenters. The summed E-state index contributed by atoms with van der Waals surface area (Å²) in [6, 6.07) is 0. The molecule has 0 aromatic carbocycles. The van der Waals surface area contributed by atoms with Gasteiger partial charge in [0.2, 0.25) is 11.9 Å². The van der Waals surface area contributed by atoms with E-state index in [0.717, 1.165) is 51.4 Å². The number of anilines is 4. The zero-order valence-electron chi connectivity index (χ0n) is 23.6. The van der Waals surface area contributed by atoms with E-state index in [0.29, 0.717) is 42.0 Å². The molecule has 3 heterocycles. The summed E-state index contributed by atoms with van der Waals surface area (Å²) in [5, 5.41) is 19.8. The first-order valence-corrected chi connectivity index (χ1v) is 14.8. The van der Waals surface area contributed by atoms with Crippen LogP contribution in [-0.2, 0) is 19.1 Å². The van der Waals surface area contributed by atoms with Crippen LogP contribution in [0.4, 0.5) is 27.7 Å². The number of alkyl halides is 1. The summed E-state index contributed by atoms with van der Waals surface area (Å²) in [6.07, 6.45) is 8.10. The molecule has 3 fully saturated rings. The number of carbonyl (C=O) groups excluding carboxylic acids is 2. The van der Waals surface area contributed by atoms with Gasteiger partial charge in [0.15, 0.2) is 23.5 Å². The number of halogens is 1. The number of fused-ring (bicyclic) bond motifs is 1. The van der Waals surface area contributed by atoms with Crippen molar-refractivity contribution in [2.24, 2.45) is 11.8 Å². The highest BCUT2D eigenvalue weighted by Crippen LogP contribution is 2.44. The van der Waals surface area contributed by atoms with Gasteiger partial charge in [0.1, 0.15) is 24.5 Å². The molecular weight excluding hydrogens is 519 g/mol. The Morgan fingerprint density at radius 1 is 1.10 bits per heavy atom. The molecule has 11 nitrogen and oxygen atoms in total. The zero-order valence-corrected chi connectivity index (χ0v) is 23.6. The molecule has 222 valence electrons. The number of hydrogen-bond donors (Lipinski definition) is 4. The average Bonchev–Trinajstić information content (AvgIpc) is 3.45. The summed E-state index contributed by atoms with van der Waals surface area (Å²) < 4.78 is 27.4. The Kier molecular flexibility index (Phi) is 8.94. The van der Waals surface area contributed by atoms with E-state index in [1.807, 2.05) is 0 Å². The minimum absolute atomic E-state index is 0.116. The summed E-state index contributed by atoms with van der Waals surface area (Å²) in [5.41, 5.74) is -1.64. The highest BCUT2D eigenvalue weighted by Gasteiger charge is 2.58. The number of ether oxygens (including phenoxy) is 2. The Balaban J connectivity index is 1.25. The van der Waals surface area contributed by atoms with Crippen molar-refractivity contribution in [2.75, 3.05) is 41.2 Å². The molecule has 40 heavy (non-hydrogen) atoms. The minimum Gasteiger partial charge on any atom is -0.463 e. The van der Waals surface area contributed by atoms with Gasteiger partial charge >= 0.3 is 5.97 Å². The number of aromatic nitrogens is 2. The monoisotopic (exact) mass is 562 g/mol. The third kappa shape index (κ3) is 6.27. The molecule has 0 bridgehead atoms. The van der Waals surface area contributed by atoms with Crippen molar-refractivity contribution in [3.05, 3.63) is 0 Å². The topological polar surface area (TPSA) is 138 Å². The summed E-state index contributed by atoms with van der Waals surface area (Å²) in [7, 11) is 1.70. The summed E-state index contributed by atoms with van der Waals surface area (Å²) in [6.45, 7) is 1.20. The molecule has 1 saturated heterocycles. The van der Waals surface area contributed by atoms with E-state index >= 15 is 4.39 Å². The van der Waals surface area contributed by atoms with E-state index in [1.54, 1.807) is 11.9 Å². The summed E-state index contributed by atoms with van der Waals surface area (Å²) >= 11 is 0. The van der Waals surface area contributed by atoms with E-state index in [2.05, 4.69) is 25.9 Å². The molecule has 1 amide bonds. The van der Waals surface area contributed by atoms with Gasteiger partial charge < -0.3 is 30.1 Å². The van der Waals surface area contributed by atoms with Crippen LogP contribution in [0.25, 0.3) is 0 Å². The van der Waals surface area contributed by atoms with Crippen LogP contribution in [0.2, 0.25) is 0 Å². The fraction of sp³-hybridized carbons (Fsp3) is 0.786. The SMILES string of the molecule is CNc1nc(NC(=O)CC2CCCCC2)nc2c1NCN2[C@@H]1O[C@H](COC(=O)CC2CCCCC2)[C@@H](O)[C@@]1(C)F. The van der Waals surface area contributed by atoms with Gasteiger partial charge in [0.05, 0.1) is 6.67 Å². The van der Waals surface area contributed by atoms with Crippen molar-refractivity contribution >= 4 is 35.1 Å². The first-order valence-electron chi connectivity index (χ1n) is 14.8. The Morgan fingerprint density at radius 3 is 2.40 bits per heavy atom. The highest BCUT2D eigenvalue weighted by molar-refractivity contribution is 5.91. The predicted octanol–water partition coefficient (Wildman–Crippen LogP) is 3.94. The van der Waals surface area contributed by atoms with Gasteiger partial charge in [-0.2, -0.15) is 9.97 Å². The van der Waals surface area contributed by atoms with Crippen LogP contribution < -0.4 is 20.9 Å². The second-order valence-corrected chi connectivity index (χ2v) is 11.9. The van der Waals surface area contributed by atoms with Crippen LogP contribution in [0.15, 0.2) is 0 Å². The standard InChI is InChI=1S/C28H43FN6O5/c1-28(29)23(38)19(15-39-21(37)14-18-11-7-4-8-12-18)40-26(28)35-16-31-22-24(30-2)33-27(34-25(22)35)32-20(36)13-17-9-5-3-6-10-17/h17-19,23,26,31,38H,3-16H2,1-2H3,(H2,30,32,33,34,36)/t19-,23-,26-,28-/m1/s1. The number of amides is 1. The fourth-order valence-corrected chi connectivity index (χ4v) is 6.57. The van der Waals surface area contributed by atoms with E-state index in [-0.39, 0.29) is 31.1 Å². The normalized spacial score (nSPS) is 29.1. The maximum Gasteiger partial charge on any atom is 0.306 e. The van der Waals surface area contributed by atoms with E-state index in [4.69, 9.17) is 9.47 Å². The number of rotatable bonds is 9. The van der Waals surface area contributed by atoms with Crippen LogP contribution in [0.1, 0.15) is 84.0 Å². The number of aliphatic hydroxyl groups excluding tert-OH is 1. The first-order chi connectivity index (χ1) is 19.3. The lowest BCUT2D eigenvalue weighted by Crippen LogP contribution is -2.50. The third-order valence-corrected chi connectivity index (χ3v) is 8.86. The molecule has 0 unspecified atom stereocenters. The van der Waals surface area contributed by atoms with Crippen LogP contribution in [0.5, 0.6) is 0 Å². The van der Waals surface area contributed by atoms with Crippen molar-refractivity contribution < 1.29 is 28.6 Å². The lowest BCUT2D eigenvalue weighted by molar-refractivity contribution is -0.150. The van der Waals surface area contributed by atoms with E-state index < -0.39 is 24.1 Å². The van der Waals surface area contributed by atoms with Gasteiger partial charge in [-0.25, -0.2) is 4.39 Å². The number of nitrogens with one attached hydrogen (secondary N) is 3. The molecule has 1 aromatic rings. The van der Waals surface area contributed by atoms with Crippen LogP contribution in [0.3, 0.4) is 0 Å². The lowest BCUT2D eigenvalue weighted by Gasteiger charge is -2.31. The number of carbonyl (C=O) groups is 2. The number of nitrogens with zero attached hydrogens (tertiary/aromatic N) is 3. The number of hydrogen-bond acceptors (Lipinski definition) is 10. The molecule has 4 aliphatic rings. The molecule has 2 aliphatic carbocycles. The average molecular weight is 563 g/mol. The molecule has 4 N–H and O–H groups in total. The van der Waals surface area contributed by atoms with Crippen molar-refractivity contribution in [1.29, 1.82) is 0 Å². The molecule has 12 heteroatoms. The molecule has 2 aliphatic heterocycles. The number of aliphatic hydroxyl groups is 1. The fourth-order valence-electron chi connectivity index (χ4n) is 6.57. The Morgan fingerprint density at radius 2 is 1.75 bits per heavy atom. The maximum absolute atomic E-state index is 16.0. The van der Waals surface area contributed by atoms with Gasteiger partial charge in [0, 0.05) is 19.9 Å². The van der Waals surface area contributed by atoms with Crippen LogP contribution in [0, 0.1) is 11.8 Å². The third-order valence-electron chi connectivity index (χ3n) is 8.86.